The Morgan fingerprint density at radius 3 is 2.77 bits per heavy atom. The fourth-order valence-corrected chi connectivity index (χ4v) is 2.65. The summed E-state index contributed by atoms with van der Waals surface area (Å²) < 4.78 is 45.8. The molecule has 1 atom stereocenters. The van der Waals surface area contributed by atoms with E-state index >= 15 is 0 Å². The topological polar surface area (TPSA) is 67.9 Å². The second-order valence-electron chi connectivity index (χ2n) is 5.76. The van der Waals surface area contributed by atoms with Gasteiger partial charge in [-0.25, -0.2) is 0 Å². The molecule has 1 unspecified atom stereocenters. The number of amides is 2. The molecule has 2 rings (SSSR count). The molecule has 0 spiro atoms. The predicted octanol–water partition coefficient (Wildman–Crippen LogP) is 2.13. The predicted molar refractivity (Wildman–Crippen MR) is 88.0 cm³/mol. The largest absolute Gasteiger partial charge is 0.492 e. The summed E-state index contributed by atoms with van der Waals surface area (Å²) in [4.78, 5) is 25.9. The van der Waals surface area contributed by atoms with Gasteiger partial charge < -0.3 is 19.7 Å². The van der Waals surface area contributed by atoms with Gasteiger partial charge in [0.1, 0.15) is 12.4 Å². The summed E-state index contributed by atoms with van der Waals surface area (Å²) in [5, 5.41) is 2.50. The van der Waals surface area contributed by atoms with E-state index in [0.29, 0.717) is 18.0 Å². The molecule has 1 aromatic rings. The van der Waals surface area contributed by atoms with Crippen molar-refractivity contribution in [2.45, 2.75) is 19.5 Å². The van der Waals surface area contributed by atoms with Gasteiger partial charge in [-0.3, -0.25) is 9.59 Å². The summed E-state index contributed by atoms with van der Waals surface area (Å²) in [6.45, 7) is 0.823. The highest BCUT2D eigenvalue weighted by atomic mass is 19.4. The van der Waals surface area contributed by atoms with Crippen LogP contribution in [0.25, 0.3) is 0 Å². The Hall–Kier alpha value is -2.29. The van der Waals surface area contributed by atoms with Crippen molar-refractivity contribution in [2.75, 3.05) is 37.8 Å². The quantitative estimate of drug-likeness (QED) is 0.708. The van der Waals surface area contributed by atoms with Crippen LogP contribution in [0.4, 0.5) is 18.9 Å². The van der Waals surface area contributed by atoms with Crippen LogP contribution in [0.1, 0.15) is 13.3 Å². The van der Waals surface area contributed by atoms with E-state index in [1.807, 2.05) is 6.92 Å². The molecule has 2 amide bonds. The molecule has 1 aliphatic rings. The monoisotopic (exact) mass is 374 g/mol. The summed E-state index contributed by atoms with van der Waals surface area (Å²) >= 11 is 0. The Morgan fingerprint density at radius 1 is 1.35 bits per heavy atom. The van der Waals surface area contributed by atoms with Gasteiger partial charge in [0, 0.05) is 19.5 Å². The number of alkyl halides is 3. The standard InChI is InChI=1S/C17H21F3N2O4/c1-2-26-14-6-4-3-5-13(14)22-10-12(9-15(22)23)16(24)21-7-8-25-11-17(18,19)20/h3-6,12H,2,7-11H2,1H3,(H,21,24). The van der Waals surface area contributed by atoms with Gasteiger partial charge in [-0.1, -0.05) is 12.1 Å². The minimum atomic E-state index is -4.39. The molecule has 1 N–H and O–H groups in total. The van der Waals surface area contributed by atoms with Gasteiger partial charge in [0.15, 0.2) is 0 Å². The fourth-order valence-electron chi connectivity index (χ4n) is 2.65. The van der Waals surface area contributed by atoms with Gasteiger partial charge >= 0.3 is 6.18 Å². The summed E-state index contributed by atoms with van der Waals surface area (Å²) in [7, 11) is 0. The summed E-state index contributed by atoms with van der Waals surface area (Å²) in [5.74, 6) is -0.597. The Kier molecular flexibility index (Phi) is 6.84. The first-order valence-electron chi connectivity index (χ1n) is 8.26. The van der Waals surface area contributed by atoms with Gasteiger partial charge in [0.2, 0.25) is 11.8 Å². The van der Waals surface area contributed by atoms with Gasteiger partial charge in [-0.2, -0.15) is 13.2 Å². The molecular weight excluding hydrogens is 353 g/mol. The lowest BCUT2D eigenvalue weighted by atomic mass is 10.1. The molecular formula is C17H21F3N2O4. The molecule has 1 saturated heterocycles. The second-order valence-corrected chi connectivity index (χ2v) is 5.76. The maximum absolute atomic E-state index is 12.3. The van der Waals surface area contributed by atoms with Crippen molar-refractivity contribution in [1.29, 1.82) is 0 Å². The Labute approximate surface area is 149 Å². The molecule has 6 nitrogen and oxygen atoms in total. The molecule has 0 radical (unpaired) electrons. The normalized spacial score (nSPS) is 17.5. The number of halogens is 3. The van der Waals surface area contributed by atoms with E-state index in [0.717, 1.165) is 0 Å². The van der Waals surface area contributed by atoms with Gasteiger partial charge in [-0.15, -0.1) is 0 Å². The molecule has 1 fully saturated rings. The van der Waals surface area contributed by atoms with Crippen LogP contribution in [-0.2, 0) is 14.3 Å². The number of hydrogen-bond acceptors (Lipinski definition) is 4. The van der Waals surface area contributed by atoms with Crippen molar-refractivity contribution in [3.63, 3.8) is 0 Å². The minimum Gasteiger partial charge on any atom is -0.492 e. The molecule has 1 heterocycles. The van der Waals surface area contributed by atoms with Gasteiger partial charge in [-0.05, 0) is 19.1 Å². The number of nitrogens with zero attached hydrogens (tertiary/aromatic N) is 1. The number of carbonyl (C=O) groups is 2. The van der Waals surface area contributed by atoms with Crippen molar-refractivity contribution in [3.05, 3.63) is 24.3 Å². The third-order valence-corrected chi connectivity index (χ3v) is 3.76. The van der Waals surface area contributed by atoms with E-state index in [1.54, 1.807) is 24.3 Å². The Bertz CT molecular complexity index is 637. The number of anilines is 1. The number of carbonyl (C=O) groups excluding carboxylic acids is 2. The third kappa shape index (κ3) is 5.62. The molecule has 0 aromatic heterocycles. The zero-order valence-electron chi connectivity index (χ0n) is 14.3. The SMILES string of the molecule is CCOc1ccccc1N1CC(C(=O)NCCOCC(F)(F)F)CC1=O. The average molecular weight is 374 g/mol. The third-order valence-electron chi connectivity index (χ3n) is 3.76. The van der Waals surface area contributed by atoms with Crippen LogP contribution in [-0.4, -0.2) is 50.9 Å². The van der Waals surface area contributed by atoms with Crippen LogP contribution in [0.5, 0.6) is 5.75 Å². The van der Waals surface area contributed by atoms with E-state index < -0.39 is 18.7 Å². The van der Waals surface area contributed by atoms with Crippen molar-refractivity contribution >= 4 is 17.5 Å². The summed E-state index contributed by atoms with van der Waals surface area (Å²) in [5.41, 5.74) is 0.600. The maximum atomic E-state index is 12.3. The maximum Gasteiger partial charge on any atom is 0.411 e. The first kappa shape index (κ1) is 20.0. The number of benzene rings is 1. The highest BCUT2D eigenvalue weighted by molar-refractivity contribution is 6.01. The minimum absolute atomic E-state index is 0.0374. The van der Waals surface area contributed by atoms with Gasteiger partial charge in [0.05, 0.1) is 24.8 Å². The zero-order valence-corrected chi connectivity index (χ0v) is 14.3. The molecule has 1 aromatic carbocycles. The number of para-hydroxylation sites is 2. The number of ether oxygens (including phenoxy) is 2. The number of nitrogens with one attached hydrogen (secondary N) is 1. The average Bonchev–Trinajstić information content (AvgIpc) is 2.96. The lowest BCUT2D eigenvalue weighted by molar-refractivity contribution is -0.173. The van der Waals surface area contributed by atoms with Crippen LogP contribution in [0, 0.1) is 5.92 Å². The van der Waals surface area contributed by atoms with Crippen LogP contribution < -0.4 is 15.0 Å². The summed E-state index contributed by atoms with van der Waals surface area (Å²) in [6.07, 6.45) is -4.36. The lowest BCUT2D eigenvalue weighted by Crippen LogP contribution is -2.35. The molecule has 0 saturated carbocycles. The highest BCUT2D eigenvalue weighted by Gasteiger charge is 2.36. The second kappa shape index (κ2) is 8.88. The fraction of sp³-hybridized carbons (Fsp3) is 0.529. The van der Waals surface area contributed by atoms with Crippen molar-refractivity contribution in [3.8, 4) is 5.75 Å². The van der Waals surface area contributed by atoms with Crippen molar-refractivity contribution in [2.24, 2.45) is 5.92 Å². The first-order valence-corrected chi connectivity index (χ1v) is 8.26. The van der Waals surface area contributed by atoms with E-state index in [4.69, 9.17) is 4.74 Å². The Balaban J connectivity index is 1.86. The molecule has 1 aliphatic heterocycles. The van der Waals surface area contributed by atoms with E-state index in [-0.39, 0.29) is 37.9 Å². The van der Waals surface area contributed by atoms with Crippen LogP contribution in [0.15, 0.2) is 24.3 Å². The summed E-state index contributed by atoms with van der Waals surface area (Å²) in [6, 6.07) is 7.06. The van der Waals surface area contributed by atoms with Crippen LogP contribution >= 0.6 is 0 Å². The molecule has 26 heavy (non-hydrogen) atoms. The van der Waals surface area contributed by atoms with Gasteiger partial charge in [0.25, 0.3) is 0 Å². The van der Waals surface area contributed by atoms with Crippen molar-refractivity contribution < 1.29 is 32.2 Å². The zero-order chi connectivity index (χ0) is 19.2. The van der Waals surface area contributed by atoms with E-state index in [1.165, 1.54) is 4.90 Å². The molecule has 9 heteroatoms. The molecule has 144 valence electrons. The highest BCUT2D eigenvalue weighted by Crippen LogP contribution is 2.33. The van der Waals surface area contributed by atoms with E-state index in [9.17, 15) is 22.8 Å². The first-order chi connectivity index (χ1) is 12.3. The smallest absolute Gasteiger partial charge is 0.411 e. The number of rotatable bonds is 8. The molecule has 0 aliphatic carbocycles. The Morgan fingerprint density at radius 2 is 2.08 bits per heavy atom. The lowest BCUT2D eigenvalue weighted by Gasteiger charge is -2.20. The van der Waals surface area contributed by atoms with Crippen LogP contribution in [0.2, 0.25) is 0 Å². The van der Waals surface area contributed by atoms with Crippen molar-refractivity contribution in [1.82, 2.24) is 5.32 Å². The molecule has 0 bridgehead atoms. The number of hydrogen-bond donors (Lipinski definition) is 1. The van der Waals surface area contributed by atoms with E-state index in [2.05, 4.69) is 10.1 Å². The van der Waals surface area contributed by atoms with Crippen LogP contribution in [0.3, 0.4) is 0 Å².